The molecule has 0 spiro atoms. The number of rotatable bonds is 6. The van der Waals surface area contributed by atoms with E-state index >= 15 is 0 Å². The van der Waals surface area contributed by atoms with Crippen molar-refractivity contribution in [3.8, 4) is 11.5 Å². The minimum atomic E-state index is -0.824. The van der Waals surface area contributed by atoms with Crippen LogP contribution in [0.5, 0.6) is 11.5 Å². The maximum Gasteiger partial charge on any atom is 0.139 e. The average Bonchev–Trinajstić information content (AvgIpc) is 3.04. The minimum absolute atomic E-state index is 0. The van der Waals surface area contributed by atoms with Crippen LogP contribution in [0.1, 0.15) is 25.0 Å². The van der Waals surface area contributed by atoms with E-state index in [2.05, 4.69) is 172 Å². The third-order valence-corrected chi connectivity index (χ3v) is 13.0. The number of benzene rings is 6. The molecule has 0 N–H and O–H groups in total. The van der Waals surface area contributed by atoms with Gasteiger partial charge in [0, 0.05) is 43.9 Å². The molecule has 6 aromatic carbocycles. The van der Waals surface area contributed by atoms with Gasteiger partial charge in [0.05, 0.1) is 0 Å². The zero-order chi connectivity index (χ0) is 28.5. The summed E-state index contributed by atoms with van der Waals surface area (Å²) in [7, 11) is -1.65. The molecule has 0 atom stereocenters. The Labute approximate surface area is 292 Å². The number of hydrogen-bond acceptors (Lipinski definition) is 1. The van der Waals surface area contributed by atoms with Crippen molar-refractivity contribution in [3.05, 3.63) is 169 Å². The van der Waals surface area contributed by atoms with E-state index in [0.29, 0.717) is 0 Å². The monoisotopic (exact) mass is 707 g/mol. The van der Waals surface area contributed by atoms with Crippen LogP contribution in [0.15, 0.2) is 158 Å². The molecule has 45 heavy (non-hydrogen) atoms. The number of halogens is 2. The zero-order valence-corrected chi connectivity index (χ0v) is 29.2. The molecule has 1 aliphatic heterocycles. The number of hydrogen-bond donors (Lipinski definition) is 0. The van der Waals surface area contributed by atoms with Crippen molar-refractivity contribution < 1.29 is 46.3 Å². The number of para-hydroxylation sites is 2. The Kier molecular flexibility index (Phi) is 11.7. The first-order valence-electron chi connectivity index (χ1n) is 14.4. The van der Waals surface area contributed by atoms with Crippen molar-refractivity contribution in [3.63, 3.8) is 0 Å². The summed E-state index contributed by atoms with van der Waals surface area (Å²) in [6, 6.07) is 57.2. The largest absolute Gasteiger partial charge is 1.00 e. The number of ether oxygens (including phenoxy) is 1. The number of fused-ring (bicyclic) bond motifs is 2. The first-order valence-corrected chi connectivity index (χ1v) is 17.1. The molecule has 0 saturated heterocycles. The molecule has 229 valence electrons. The van der Waals surface area contributed by atoms with E-state index < -0.39 is 15.8 Å². The standard InChI is InChI=1S/C39H32OP2.2ClH.Co/c1-39(2)33-25-15-27-35(41(29-17-7-3-8-18-29)30-19-9-4-10-20-30)37(33)40-38-34(39)26-16-28-36(38)42(31-21-11-5-12-22-31)32-23-13-6-14-24-32;;;/h3-28H,1-2H3;2*1H;/p-2. The van der Waals surface area contributed by atoms with Gasteiger partial charge in [-0.05, 0) is 37.1 Å². The second-order valence-electron chi connectivity index (χ2n) is 11.0. The van der Waals surface area contributed by atoms with Gasteiger partial charge in [-0.3, -0.25) is 0 Å². The smallest absolute Gasteiger partial charge is 0.139 e. The van der Waals surface area contributed by atoms with Crippen LogP contribution in [0, 0.1) is 0 Å². The minimum Gasteiger partial charge on any atom is -1.00 e. The third kappa shape index (κ3) is 6.65. The summed E-state index contributed by atoms with van der Waals surface area (Å²) in [5.74, 6) is 2.02. The van der Waals surface area contributed by atoms with Gasteiger partial charge in [-0.15, -0.1) is 0 Å². The predicted molar refractivity (Wildman–Crippen MR) is 182 cm³/mol. The van der Waals surface area contributed by atoms with Crippen LogP contribution < -0.4 is 61.4 Å². The van der Waals surface area contributed by atoms with Gasteiger partial charge >= 0.3 is 0 Å². The molecule has 1 nitrogen and oxygen atoms in total. The molecule has 0 aromatic heterocycles. The van der Waals surface area contributed by atoms with Crippen molar-refractivity contribution in [2.75, 3.05) is 0 Å². The fraction of sp³-hybridized carbons (Fsp3) is 0.0769. The Bertz CT molecular complexity index is 1620. The van der Waals surface area contributed by atoms with Crippen molar-refractivity contribution in [1.82, 2.24) is 0 Å². The van der Waals surface area contributed by atoms with E-state index in [9.17, 15) is 0 Å². The summed E-state index contributed by atoms with van der Waals surface area (Å²) in [6.07, 6.45) is 0. The molecule has 0 amide bonds. The van der Waals surface area contributed by atoms with Gasteiger partial charge in [-0.1, -0.05) is 172 Å². The second kappa shape index (κ2) is 15.1. The molecule has 0 saturated carbocycles. The maximum atomic E-state index is 7.26. The Morgan fingerprint density at radius 3 is 0.978 bits per heavy atom. The van der Waals surface area contributed by atoms with Crippen LogP contribution in [0.4, 0.5) is 0 Å². The van der Waals surface area contributed by atoms with Crippen molar-refractivity contribution in [2.24, 2.45) is 0 Å². The molecule has 1 heterocycles. The van der Waals surface area contributed by atoms with E-state index in [1.54, 1.807) is 0 Å². The van der Waals surface area contributed by atoms with Crippen LogP contribution in [-0.4, -0.2) is 0 Å². The van der Waals surface area contributed by atoms with Crippen LogP contribution in [0.25, 0.3) is 0 Å². The van der Waals surface area contributed by atoms with Gasteiger partial charge in [0.25, 0.3) is 0 Å². The third-order valence-electron chi connectivity index (χ3n) is 8.08. The summed E-state index contributed by atoms with van der Waals surface area (Å²) in [5.41, 5.74) is 2.26. The predicted octanol–water partition coefficient (Wildman–Crippen LogP) is 1.64. The van der Waals surface area contributed by atoms with E-state index in [0.717, 1.165) is 11.5 Å². The molecule has 0 bridgehead atoms. The molecule has 0 aliphatic carbocycles. The first kappa shape index (κ1) is 34.9. The molecular formula is C39H32Cl2CoOP2-2. The normalized spacial score (nSPS) is 12.4. The Morgan fingerprint density at radius 2 is 0.689 bits per heavy atom. The fourth-order valence-electron chi connectivity index (χ4n) is 6.01. The van der Waals surface area contributed by atoms with Gasteiger partial charge in [0.1, 0.15) is 11.5 Å². The molecule has 7 rings (SSSR count). The summed E-state index contributed by atoms with van der Waals surface area (Å²) in [4.78, 5) is 0. The van der Waals surface area contributed by atoms with Crippen molar-refractivity contribution in [1.29, 1.82) is 0 Å². The molecule has 6 heteroatoms. The summed E-state index contributed by atoms with van der Waals surface area (Å²) >= 11 is 0. The van der Waals surface area contributed by atoms with E-state index in [1.807, 2.05) is 0 Å². The maximum absolute atomic E-state index is 7.26. The van der Waals surface area contributed by atoms with Crippen LogP contribution in [-0.2, 0) is 22.2 Å². The average molecular weight is 708 g/mol. The first-order chi connectivity index (χ1) is 20.6. The van der Waals surface area contributed by atoms with Crippen molar-refractivity contribution in [2.45, 2.75) is 19.3 Å². The fourth-order valence-corrected chi connectivity index (χ4v) is 10.8. The summed E-state index contributed by atoms with van der Waals surface area (Å²) < 4.78 is 7.26. The Hall–Kier alpha value is -2.93. The van der Waals surface area contributed by atoms with E-state index in [1.165, 1.54) is 43.0 Å². The molecule has 0 fully saturated rings. The van der Waals surface area contributed by atoms with Crippen LogP contribution in [0.3, 0.4) is 0 Å². The molecular weight excluding hydrogens is 676 g/mol. The second-order valence-corrected chi connectivity index (χ2v) is 15.4. The molecule has 1 radical (unpaired) electrons. The molecule has 1 aliphatic rings. The van der Waals surface area contributed by atoms with Crippen LogP contribution >= 0.6 is 15.8 Å². The van der Waals surface area contributed by atoms with Gasteiger partial charge in [0.2, 0.25) is 0 Å². The van der Waals surface area contributed by atoms with Gasteiger partial charge in [-0.2, -0.15) is 0 Å². The zero-order valence-electron chi connectivity index (χ0n) is 24.9. The molecule has 6 aromatic rings. The summed E-state index contributed by atoms with van der Waals surface area (Å²) in [5, 5.41) is 7.81. The SMILES string of the molecule is CC1(C)c2cccc(P(c3ccccc3)c3ccccc3)c2Oc2c(P(c3ccccc3)c3ccccc3)cccc21.[Cl-].[Cl-].[Co]. The van der Waals surface area contributed by atoms with Gasteiger partial charge < -0.3 is 29.6 Å². The van der Waals surface area contributed by atoms with E-state index in [-0.39, 0.29) is 47.0 Å². The van der Waals surface area contributed by atoms with Gasteiger partial charge in [0.15, 0.2) is 0 Å². The Balaban J connectivity index is 0.00000154. The Morgan fingerprint density at radius 1 is 0.400 bits per heavy atom. The van der Waals surface area contributed by atoms with Gasteiger partial charge in [-0.25, -0.2) is 0 Å². The topological polar surface area (TPSA) is 9.23 Å². The van der Waals surface area contributed by atoms with E-state index in [4.69, 9.17) is 4.74 Å². The summed E-state index contributed by atoms with van der Waals surface area (Å²) in [6.45, 7) is 4.70. The van der Waals surface area contributed by atoms with Crippen molar-refractivity contribution >= 4 is 47.7 Å². The van der Waals surface area contributed by atoms with Crippen LogP contribution in [0.2, 0.25) is 0 Å². The molecule has 0 unspecified atom stereocenters. The quantitative estimate of drug-likeness (QED) is 0.240.